The van der Waals surface area contributed by atoms with E-state index in [4.69, 9.17) is 4.74 Å². The molecule has 1 N–H and O–H groups in total. The van der Waals surface area contributed by atoms with Crippen LogP contribution >= 0.6 is 0 Å². The van der Waals surface area contributed by atoms with Crippen molar-refractivity contribution < 1.29 is 4.74 Å². The summed E-state index contributed by atoms with van der Waals surface area (Å²) in [6.07, 6.45) is 2.59. The van der Waals surface area contributed by atoms with Crippen LogP contribution in [0.2, 0.25) is 0 Å². The fourth-order valence-corrected chi connectivity index (χ4v) is 2.73. The third kappa shape index (κ3) is 3.24. The molecule has 1 unspecified atom stereocenters. The fraction of sp³-hybridized carbons (Fsp3) is 0.600. The van der Waals surface area contributed by atoms with Crippen LogP contribution in [0.4, 0.5) is 0 Å². The molecular weight excluding hydrogens is 224 g/mol. The van der Waals surface area contributed by atoms with Crippen molar-refractivity contribution in [3.8, 4) is 5.75 Å². The van der Waals surface area contributed by atoms with Crippen LogP contribution < -0.4 is 10.1 Å². The van der Waals surface area contributed by atoms with Gasteiger partial charge in [-0.05, 0) is 50.6 Å². The van der Waals surface area contributed by atoms with E-state index < -0.39 is 0 Å². The van der Waals surface area contributed by atoms with Crippen molar-refractivity contribution >= 4 is 0 Å². The van der Waals surface area contributed by atoms with Crippen LogP contribution in [0.1, 0.15) is 24.0 Å². The minimum Gasteiger partial charge on any atom is -0.496 e. The normalized spacial score (nSPS) is 20.9. The number of piperidine rings is 1. The average Bonchev–Trinajstić information content (AvgIpc) is 2.39. The summed E-state index contributed by atoms with van der Waals surface area (Å²) in [6.45, 7) is 5.52. The summed E-state index contributed by atoms with van der Waals surface area (Å²) in [5, 5.41) is 3.39. The predicted octanol–water partition coefficient (Wildman–Crippen LogP) is 2.19. The molecule has 0 saturated carbocycles. The molecule has 1 aliphatic heterocycles. The van der Waals surface area contributed by atoms with E-state index in [0.29, 0.717) is 6.04 Å². The summed E-state index contributed by atoms with van der Waals surface area (Å²) in [5.41, 5.74) is 2.60. The quantitative estimate of drug-likeness (QED) is 0.884. The van der Waals surface area contributed by atoms with Crippen LogP contribution in [-0.4, -0.2) is 38.2 Å². The van der Waals surface area contributed by atoms with Gasteiger partial charge < -0.3 is 10.1 Å². The molecule has 1 fully saturated rings. The highest BCUT2D eigenvalue weighted by Crippen LogP contribution is 2.20. The summed E-state index contributed by atoms with van der Waals surface area (Å²) >= 11 is 0. The molecule has 0 bridgehead atoms. The van der Waals surface area contributed by atoms with Gasteiger partial charge in [-0.1, -0.05) is 12.1 Å². The topological polar surface area (TPSA) is 24.5 Å². The van der Waals surface area contributed by atoms with E-state index in [0.717, 1.165) is 18.8 Å². The Morgan fingerprint density at radius 1 is 1.44 bits per heavy atom. The highest BCUT2D eigenvalue weighted by atomic mass is 16.5. The van der Waals surface area contributed by atoms with Crippen molar-refractivity contribution in [1.82, 2.24) is 10.2 Å². The first-order chi connectivity index (χ1) is 8.72. The van der Waals surface area contributed by atoms with Gasteiger partial charge in [-0.25, -0.2) is 0 Å². The average molecular weight is 248 g/mol. The SMILES string of the molecule is CNC1CCCN(Cc2ccc(OC)c(C)c2)C1. The van der Waals surface area contributed by atoms with Crippen LogP contribution in [0, 0.1) is 6.92 Å². The molecule has 3 heteroatoms. The Bertz CT molecular complexity index is 392. The molecule has 1 saturated heterocycles. The van der Waals surface area contributed by atoms with Gasteiger partial charge in [0.1, 0.15) is 5.75 Å². The summed E-state index contributed by atoms with van der Waals surface area (Å²) in [4.78, 5) is 2.53. The molecule has 3 nitrogen and oxygen atoms in total. The van der Waals surface area contributed by atoms with Crippen molar-refractivity contribution in [2.45, 2.75) is 32.4 Å². The number of hydrogen-bond donors (Lipinski definition) is 1. The number of likely N-dealkylation sites (tertiary alicyclic amines) is 1. The predicted molar refractivity (Wildman–Crippen MR) is 75.1 cm³/mol. The van der Waals surface area contributed by atoms with Crippen molar-refractivity contribution in [1.29, 1.82) is 0 Å². The number of nitrogens with one attached hydrogen (secondary N) is 1. The minimum absolute atomic E-state index is 0.651. The second-order valence-corrected chi connectivity index (χ2v) is 5.17. The second-order valence-electron chi connectivity index (χ2n) is 5.17. The Balaban J connectivity index is 1.98. The van der Waals surface area contributed by atoms with Gasteiger partial charge in [-0.15, -0.1) is 0 Å². The van der Waals surface area contributed by atoms with E-state index in [1.54, 1.807) is 7.11 Å². The van der Waals surface area contributed by atoms with Crippen LogP contribution in [0.25, 0.3) is 0 Å². The lowest BCUT2D eigenvalue weighted by molar-refractivity contribution is 0.188. The zero-order valence-electron chi connectivity index (χ0n) is 11.7. The van der Waals surface area contributed by atoms with Crippen LogP contribution in [0.15, 0.2) is 18.2 Å². The molecule has 2 rings (SSSR count). The summed E-state index contributed by atoms with van der Waals surface area (Å²) in [5.74, 6) is 0.977. The van der Waals surface area contributed by atoms with Gasteiger partial charge >= 0.3 is 0 Å². The zero-order chi connectivity index (χ0) is 13.0. The van der Waals surface area contributed by atoms with E-state index >= 15 is 0 Å². The van der Waals surface area contributed by atoms with Crippen LogP contribution in [-0.2, 0) is 6.54 Å². The lowest BCUT2D eigenvalue weighted by atomic mass is 10.0. The molecule has 1 aromatic carbocycles. The number of ether oxygens (including phenoxy) is 1. The molecule has 0 spiro atoms. The molecule has 18 heavy (non-hydrogen) atoms. The number of likely N-dealkylation sites (N-methyl/N-ethyl adjacent to an activating group) is 1. The summed E-state index contributed by atoms with van der Waals surface area (Å²) in [7, 11) is 3.79. The Kier molecular flexibility index (Phi) is 4.61. The van der Waals surface area contributed by atoms with Gasteiger partial charge in [0.05, 0.1) is 7.11 Å². The van der Waals surface area contributed by atoms with Crippen molar-refractivity contribution in [2.24, 2.45) is 0 Å². The van der Waals surface area contributed by atoms with E-state index in [2.05, 4.69) is 42.4 Å². The highest BCUT2D eigenvalue weighted by Gasteiger charge is 2.18. The minimum atomic E-state index is 0.651. The zero-order valence-corrected chi connectivity index (χ0v) is 11.7. The smallest absolute Gasteiger partial charge is 0.121 e. The first-order valence-electron chi connectivity index (χ1n) is 6.76. The first-order valence-corrected chi connectivity index (χ1v) is 6.76. The number of rotatable bonds is 4. The molecule has 0 amide bonds. The number of benzene rings is 1. The van der Waals surface area contributed by atoms with Gasteiger partial charge in [-0.2, -0.15) is 0 Å². The maximum atomic E-state index is 5.30. The van der Waals surface area contributed by atoms with Gasteiger partial charge in [0, 0.05) is 19.1 Å². The van der Waals surface area contributed by atoms with Crippen molar-refractivity contribution in [3.05, 3.63) is 29.3 Å². The van der Waals surface area contributed by atoms with Gasteiger partial charge in [0.25, 0.3) is 0 Å². The van der Waals surface area contributed by atoms with Gasteiger partial charge in [-0.3, -0.25) is 4.90 Å². The van der Waals surface area contributed by atoms with Crippen molar-refractivity contribution in [3.63, 3.8) is 0 Å². The third-order valence-electron chi connectivity index (χ3n) is 3.78. The third-order valence-corrected chi connectivity index (χ3v) is 3.78. The lowest BCUT2D eigenvalue weighted by Gasteiger charge is -2.32. The Morgan fingerprint density at radius 3 is 2.94 bits per heavy atom. The molecule has 1 heterocycles. The first kappa shape index (κ1) is 13.4. The Morgan fingerprint density at radius 2 is 2.28 bits per heavy atom. The van der Waals surface area contributed by atoms with E-state index in [1.165, 1.54) is 30.5 Å². The number of aryl methyl sites for hydroxylation is 1. The number of nitrogens with zero attached hydrogens (tertiary/aromatic N) is 1. The molecule has 0 aliphatic carbocycles. The molecule has 1 aliphatic rings. The summed E-state index contributed by atoms with van der Waals surface area (Å²) < 4.78 is 5.30. The highest BCUT2D eigenvalue weighted by molar-refractivity contribution is 5.36. The van der Waals surface area contributed by atoms with Crippen molar-refractivity contribution in [2.75, 3.05) is 27.2 Å². The Hall–Kier alpha value is -1.06. The molecule has 0 aromatic heterocycles. The maximum Gasteiger partial charge on any atom is 0.121 e. The van der Waals surface area contributed by atoms with Crippen LogP contribution in [0.3, 0.4) is 0 Å². The fourth-order valence-electron chi connectivity index (χ4n) is 2.73. The van der Waals surface area contributed by atoms with E-state index in [9.17, 15) is 0 Å². The molecule has 1 aromatic rings. The van der Waals surface area contributed by atoms with Crippen LogP contribution in [0.5, 0.6) is 5.75 Å². The lowest BCUT2D eigenvalue weighted by Crippen LogP contribution is -2.43. The standard InChI is InChI=1S/C15H24N2O/c1-12-9-13(6-7-15(12)18-3)10-17-8-4-5-14(11-17)16-2/h6-7,9,14,16H,4-5,8,10-11H2,1-3H3. The molecule has 100 valence electrons. The monoisotopic (exact) mass is 248 g/mol. The largest absolute Gasteiger partial charge is 0.496 e. The van der Waals surface area contributed by atoms with E-state index in [1.807, 2.05) is 0 Å². The van der Waals surface area contributed by atoms with Gasteiger partial charge in [0.2, 0.25) is 0 Å². The molecule has 1 atom stereocenters. The van der Waals surface area contributed by atoms with E-state index in [-0.39, 0.29) is 0 Å². The molecule has 0 radical (unpaired) electrons. The number of methoxy groups -OCH3 is 1. The number of hydrogen-bond acceptors (Lipinski definition) is 3. The maximum absolute atomic E-state index is 5.30. The molecular formula is C15H24N2O. The summed E-state index contributed by atoms with van der Waals surface area (Å²) in [6, 6.07) is 7.14. The van der Waals surface area contributed by atoms with Gasteiger partial charge in [0.15, 0.2) is 0 Å². The second kappa shape index (κ2) is 6.21. The Labute approximate surface area is 110 Å².